The molecule has 0 aliphatic heterocycles. The normalized spacial score (nSPS) is 10.9. The van der Waals surface area contributed by atoms with Gasteiger partial charge in [0.25, 0.3) is 0 Å². The fourth-order valence-electron chi connectivity index (χ4n) is 2.36. The summed E-state index contributed by atoms with van der Waals surface area (Å²) in [6.07, 6.45) is 0. The van der Waals surface area contributed by atoms with Gasteiger partial charge in [-0.15, -0.1) is 0 Å². The summed E-state index contributed by atoms with van der Waals surface area (Å²) < 4.78 is 5.70. The number of nitro groups is 1. The molecule has 0 radical (unpaired) electrons. The molecule has 24 heavy (non-hydrogen) atoms. The highest BCUT2D eigenvalue weighted by Gasteiger charge is 2.16. The topological polar surface area (TPSA) is 113 Å². The molecule has 8 nitrogen and oxygen atoms in total. The number of oxazole rings is 1. The number of likely N-dealkylation sites (N-methyl/N-ethyl adjacent to an activating group) is 1. The van der Waals surface area contributed by atoms with Crippen LogP contribution < -0.4 is 4.90 Å². The minimum Gasteiger partial charge on any atom is -0.502 e. The van der Waals surface area contributed by atoms with Crippen LogP contribution >= 0.6 is 0 Å². The van der Waals surface area contributed by atoms with E-state index in [9.17, 15) is 15.2 Å². The minimum absolute atomic E-state index is 0.0399. The number of phenolic OH excluding ortho intramolecular Hbond substituents is 1. The summed E-state index contributed by atoms with van der Waals surface area (Å²) in [5.74, 6) is -0.180. The Bertz CT molecular complexity index is 906. The maximum absolute atomic E-state index is 10.7. The molecule has 3 aromatic rings. The second-order valence-electron chi connectivity index (χ2n) is 5.28. The highest BCUT2D eigenvalue weighted by atomic mass is 16.6. The number of hydrogen-bond acceptors (Lipinski definition) is 7. The van der Waals surface area contributed by atoms with E-state index in [1.807, 2.05) is 18.0 Å². The number of anilines is 1. The molecule has 1 aromatic heterocycles. The maximum atomic E-state index is 10.7. The van der Waals surface area contributed by atoms with Crippen LogP contribution in [0.2, 0.25) is 0 Å². The van der Waals surface area contributed by atoms with Gasteiger partial charge >= 0.3 is 5.69 Å². The lowest BCUT2D eigenvalue weighted by molar-refractivity contribution is -0.385. The number of nitrogens with zero attached hydrogens (tertiary/aromatic N) is 3. The molecule has 0 saturated carbocycles. The van der Waals surface area contributed by atoms with Gasteiger partial charge in [-0.25, -0.2) is 4.98 Å². The van der Waals surface area contributed by atoms with Gasteiger partial charge < -0.3 is 19.5 Å². The number of benzene rings is 2. The van der Waals surface area contributed by atoms with Crippen molar-refractivity contribution < 1.29 is 19.6 Å². The number of aliphatic hydroxyl groups is 1. The summed E-state index contributed by atoms with van der Waals surface area (Å²) in [6.45, 7) is 0.529. The first-order valence-corrected chi connectivity index (χ1v) is 7.20. The third-order valence-electron chi connectivity index (χ3n) is 3.67. The number of aromatic hydroxyl groups is 1. The van der Waals surface area contributed by atoms with Gasteiger partial charge in [-0.1, -0.05) is 0 Å². The van der Waals surface area contributed by atoms with E-state index in [0.29, 0.717) is 23.2 Å². The van der Waals surface area contributed by atoms with Crippen LogP contribution in [-0.2, 0) is 0 Å². The summed E-state index contributed by atoms with van der Waals surface area (Å²) in [5, 5.41) is 29.5. The number of hydrogen-bond donors (Lipinski definition) is 2. The molecule has 1 heterocycles. The van der Waals surface area contributed by atoms with Crippen LogP contribution in [0.3, 0.4) is 0 Å². The zero-order chi connectivity index (χ0) is 17.3. The first-order valence-electron chi connectivity index (χ1n) is 7.20. The van der Waals surface area contributed by atoms with Gasteiger partial charge in [-0.2, -0.15) is 0 Å². The van der Waals surface area contributed by atoms with Crippen molar-refractivity contribution in [3.63, 3.8) is 0 Å². The maximum Gasteiger partial charge on any atom is 0.310 e. The zero-order valence-corrected chi connectivity index (χ0v) is 12.8. The van der Waals surface area contributed by atoms with Gasteiger partial charge in [0.05, 0.1) is 11.5 Å². The molecule has 0 aliphatic rings. The quantitative estimate of drug-likeness (QED) is 0.546. The van der Waals surface area contributed by atoms with E-state index in [1.165, 1.54) is 18.2 Å². The van der Waals surface area contributed by atoms with E-state index in [1.54, 1.807) is 12.1 Å². The molecule has 0 aliphatic carbocycles. The molecule has 2 aromatic carbocycles. The minimum atomic E-state index is -0.658. The molecular formula is C16H15N3O5. The molecule has 0 atom stereocenters. The van der Waals surface area contributed by atoms with Crippen LogP contribution in [0.5, 0.6) is 5.75 Å². The Balaban J connectivity index is 1.99. The SMILES string of the molecule is CN(CCO)c1ccc2nc(-c3ccc([N+](=O)[O-])c(O)c3)oc2c1. The Morgan fingerprint density at radius 3 is 2.75 bits per heavy atom. The monoisotopic (exact) mass is 329 g/mol. The predicted molar refractivity (Wildman–Crippen MR) is 88.1 cm³/mol. The molecule has 0 bridgehead atoms. The summed E-state index contributed by atoms with van der Waals surface area (Å²) in [4.78, 5) is 16.3. The zero-order valence-electron chi connectivity index (χ0n) is 12.8. The van der Waals surface area contributed by atoms with Crippen molar-refractivity contribution in [3.8, 4) is 17.2 Å². The Kier molecular flexibility index (Phi) is 4.05. The standard InChI is InChI=1S/C16H15N3O5/c1-18(6-7-20)11-3-4-12-15(9-11)24-16(17-12)10-2-5-13(19(22)23)14(21)8-10/h2-5,8-9,20-21H,6-7H2,1H3. The van der Waals surface area contributed by atoms with E-state index in [-0.39, 0.29) is 18.2 Å². The molecule has 2 N–H and O–H groups in total. The second kappa shape index (κ2) is 6.17. The molecule has 8 heteroatoms. The van der Waals surface area contributed by atoms with Gasteiger partial charge in [0.1, 0.15) is 5.52 Å². The lowest BCUT2D eigenvalue weighted by atomic mass is 10.2. The van der Waals surface area contributed by atoms with Crippen molar-refractivity contribution in [2.75, 3.05) is 25.1 Å². The fourth-order valence-corrected chi connectivity index (χ4v) is 2.36. The smallest absolute Gasteiger partial charge is 0.310 e. The van der Waals surface area contributed by atoms with Crippen molar-refractivity contribution in [1.82, 2.24) is 4.98 Å². The van der Waals surface area contributed by atoms with Crippen LogP contribution in [0.1, 0.15) is 0 Å². The average Bonchev–Trinajstić information content (AvgIpc) is 2.97. The van der Waals surface area contributed by atoms with Crippen molar-refractivity contribution in [2.24, 2.45) is 0 Å². The van der Waals surface area contributed by atoms with Crippen LogP contribution in [0.25, 0.3) is 22.6 Å². The predicted octanol–water partition coefficient (Wildman–Crippen LogP) is 2.54. The number of nitro benzene ring substituents is 1. The number of fused-ring (bicyclic) bond motifs is 1. The Labute approximate surface area is 136 Å². The van der Waals surface area contributed by atoms with Crippen LogP contribution in [0.15, 0.2) is 40.8 Å². The summed E-state index contributed by atoms with van der Waals surface area (Å²) in [6, 6.07) is 9.38. The van der Waals surface area contributed by atoms with Crippen LogP contribution in [0.4, 0.5) is 11.4 Å². The van der Waals surface area contributed by atoms with E-state index in [2.05, 4.69) is 4.98 Å². The lowest BCUT2D eigenvalue weighted by Gasteiger charge is -2.17. The molecule has 124 valence electrons. The van der Waals surface area contributed by atoms with Crippen LogP contribution in [0, 0.1) is 10.1 Å². The van der Waals surface area contributed by atoms with Crippen molar-refractivity contribution in [1.29, 1.82) is 0 Å². The molecular weight excluding hydrogens is 314 g/mol. The first-order chi connectivity index (χ1) is 11.5. The van der Waals surface area contributed by atoms with Crippen molar-refractivity contribution >= 4 is 22.5 Å². The van der Waals surface area contributed by atoms with Gasteiger partial charge in [0.2, 0.25) is 5.89 Å². The number of aliphatic hydroxyl groups excluding tert-OH is 1. The van der Waals surface area contributed by atoms with Crippen molar-refractivity contribution in [3.05, 3.63) is 46.5 Å². The second-order valence-corrected chi connectivity index (χ2v) is 5.28. The molecule has 0 fully saturated rings. The average molecular weight is 329 g/mol. The number of rotatable bonds is 5. The van der Waals surface area contributed by atoms with E-state index in [4.69, 9.17) is 9.52 Å². The Hall–Kier alpha value is -3.13. The van der Waals surface area contributed by atoms with Crippen molar-refractivity contribution in [2.45, 2.75) is 0 Å². The Morgan fingerprint density at radius 1 is 1.29 bits per heavy atom. The third-order valence-corrected chi connectivity index (χ3v) is 3.67. The third kappa shape index (κ3) is 2.86. The van der Waals surface area contributed by atoms with E-state index < -0.39 is 10.7 Å². The number of phenols is 1. The molecule has 0 saturated heterocycles. The fraction of sp³-hybridized carbons (Fsp3) is 0.188. The largest absolute Gasteiger partial charge is 0.502 e. The van der Waals surface area contributed by atoms with Crippen LogP contribution in [-0.4, -0.2) is 40.3 Å². The Morgan fingerprint density at radius 2 is 2.08 bits per heavy atom. The van der Waals surface area contributed by atoms with Gasteiger partial charge in [0.15, 0.2) is 11.3 Å². The van der Waals surface area contributed by atoms with Gasteiger partial charge in [0, 0.05) is 37.0 Å². The molecule has 0 spiro atoms. The molecule has 0 amide bonds. The molecule has 0 unspecified atom stereocenters. The molecule has 3 rings (SSSR count). The first kappa shape index (κ1) is 15.8. The number of aromatic nitrogens is 1. The van der Waals surface area contributed by atoms with E-state index >= 15 is 0 Å². The summed E-state index contributed by atoms with van der Waals surface area (Å²) >= 11 is 0. The highest BCUT2D eigenvalue weighted by Crippen LogP contribution is 2.33. The van der Waals surface area contributed by atoms with E-state index in [0.717, 1.165) is 5.69 Å². The highest BCUT2D eigenvalue weighted by molar-refractivity contribution is 5.80. The van der Waals surface area contributed by atoms with Gasteiger partial charge in [-0.05, 0) is 24.3 Å². The lowest BCUT2D eigenvalue weighted by Crippen LogP contribution is -2.20. The van der Waals surface area contributed by atoms with Gasteiger partial charge in [-0.3, -0.25) is 10.1 Å². The summed E-state index contributed by atoms with van der Waals surface area (Å²) in [5.41, 5.74) is 2.11. The summed E-state index contributed by atoms with van der Waals surface area (Å²) in [7, 11) is 1.85.